The van der Waals surface area contributed by atoms with Gasteiger partial charge in [0.25, 0.3) is 0 Å². The Morgan fingerprint density at radius 3 is 2.75 bits per heavy atom. The highest BCUT2D eigenvalue weighted by Crippen LogP contribution is 2.16. The Kier molecular flexibility index (Phi) is 2.87. The van der Waals surface area contributed by atoms with Crippen molar-refractivity contribution in [3.05, 3.63) is 12.2 Å². The third kappa shape index (κ3) is 2.34. The molecule has 0 aliphatic carbocycles. The van der Waals surface area contributed by atoms with Crippen LogP contribution < -0.4 is 0 Å². The second-order valence-corrected chi connectivity index (χ2v) is 3.36. The largest absolute Gasteiger partial charge is 0.456 e. The second kappa shape index (κ2) is 3.72. The van der Waals surface area contributed by atoms with Crippen LogP contribution in [0.2, 0.25) is 0 Å². The first-order valence-corrected chi connectivity index (χ1v) is 4.16. The number of ether oxygens (including phenoxy) is 1. The van der Waals surface area contributed by atoms with Crippen LogP contribution in [-0.4, -0.2) is 23.3 Å². The molecule has 0 aromatic carbocycles. The van der Waals surface area contributed by atoms with Crippen molar-refractivity contribution in [3.63, 3.8) is 0 Å². The number of aliphatic hydroxyl groups is 1. The number of aliphatic hydroxyl groups excluding tert-OH is 1. The minimum atomic E-state index is -0.924. The lowest BCUT2D eigenvalue weighted by Crippen LogP contribution is -2.11. The number of hydrogen-bond donors (Lipinski definition) is 1. The highest BCUT2D eigenvalue weighted by atomic mass is 16.6. The van der Waals surface area contributed by atoms with E-state index in [1.54, 1.807) is 0 Å². The van der Waals surface area contributed by atoms with Crippen molar-refractivity contribution >= 4 is 5.97 Å². The zero-order valence-corrected chi connectivity index (χ0v) is 7.36. The molecule has 1 fully saturated rings. The molecule has 1 aliphatic heterocycles. The summed E-state index contributed by atoms with van der Waals surface area (Å²) >= 11 is 0. The lowest BCUT2D eigenvalue weighted by Gasteiger charge is -2.01. The van der Waals surface area contributed by atoms with Gasteiger partial charge in [0.2, 0.25) is 0 Å². The molecule has 0 unspecified atom stereocenters. The fourth-order valence-electron chi connectivity index (χ4n) is 1.06. The molecule has 12 heavy (non-hydrogen) atoms. The van der Waals surface area contributed by atoms with E-state index in [0.717, 1.165) is 0 Å². The lowest BCUT2D eigenvalue weighted by molar-refractivity contribution is -0.146. The van der Waals surface area contributed by atoms with E-state index in [9.17, 15) is 4.79 Å². The van der Waals surface area contributed by atoms with Gasteiger partial charge in [-0.15, -0.1) is 0 Å². The Balaban J connectivity index is 2.42. The van der Waals surface area contributed by atoms with Crippen LogP contribution in [0.1, 0.15) is 20.3 Å². The maximum Gasteiger partial charge on any atom is 0.335 e. The van der Waals surface area contributed by atoms with Crippen LogP contribution in [0.25, 0.3) is 0 Å². The van der Waals surface area contributed by atoms with Crippen molar-refractivity contribution in [2.24, 2.45) is 5.92 Å². The monoisotopic (exact) mass is 170 g/mol. The van der Waals surface area contributed by atoms with E-state index < -0.39 is 12.1 Å². The summed E-state index contributed by atoms with van der Waals surface area (Å²) < 4.78 is 4.85. The van der Waals surface area contributed by atoms with E-state index in [4.69, 9.17) is 9.84 Å². The average Bonchev–Trinajstić information content (AvgIpc) is 2.28. The van der Waals surface area contributed by atoms with E-state index in [2.05, 4.69) is 0 Å². The van der Waals surface area contributed by atoms with Crippen LogP contribution >= 0.6 is 0 Å². The fraction of sp³-hybridized carbons (Fsp3) is 0.667. The van der Waals surface area contributed by atoms with Gasteiger partial charge < -0.3 is 9.84 Å². The molecule has 0 bridgehead atoms. The van der Waals surface area contributed by atoms with Crippen LogP contribution in [0.4, 0.5) is 0 Å². The van der Waals surface area contributed by atoms with E-state index in [-0.39, 0.29) is 6.10 Å². The Morgan fingerprint density at radius 1 is 1.67 bits per heavy atom. The topological polar surface area (TPSA) is 46.5 Å². The molecule has 0 aromatic heterocycles. The number of hydrogen-bond acceptors (Lipinski definition) is 3. The van der Waals surface area contributed by atoms with Gasteiger partial charge in [0.05, 0.1) is 0 Å². The molecule has 68 valence electrons. The van der Waals surface area contributed by atoms with Crippen molar-refractivity contribution in [3.8, 4) is 0 Å². The van der Waals surface area contributed by atoms with Gasteiger partial charge in [0.15, 0.2) is 6.10 Å². The average molecular weight is 170 g/mol. The van der Waals surface area contributed by atoms with E-state index in [1.807, 2.05) is 26.0 Å². The minimum absolute atomic E-state index is 0.227. The molecule has 1 aliphatic rings. The predicted molar refractivity (Wildman–Crippen MR) is 44.5 cm³/mol. The van der Waals surface area contributed by atoms with Crippen LogP contribution in [0.15, 0.2) is 12.2 Å². The Hall–Kier alpha value is -0.830. The van der Waals surface area contributed by atoms with Gasteiger partial charge >= 0.3 is 5.97 Å². The molecule has 0 spiro atoms. The highest BCUT2D eigenvalue weighted by Gasteiger charge is 2.30. The van der Waals surface area contributed by atoms with Gasteiger partial charge in [-0.1, -0.05) is 19.9 Å². The van der Waals surface area contributed by atoms with Gasteiger partial charge in [-0.25, -0.2) is 4.79 Å². The second-order valence-electron chi connectivity index (χ2n) is 3.36. The minimum Gasteiger partial charge on any atom is -0.456 e. The highest BCUT2D eigenvalue weighted by molar-refractivity contribution is 5.76. The van der Waals surface area contributed by atoms with Crippen LogP contribution in [-0.2, 0) is 9.53 Å². The summed E-state index contributed by atoms with van der Waals surface area (Å²) in [5.74, 6) is -0.0603. The molecule has 3 heteroatoms. The molecular weight excluding hydrogens is 156 g/mol. The van der Waals surface area contributed by atoms with Gasteiger partial charge in [-0.05, 0) is 12.0 Å². The van der Waals surface area contributed by atoms with Gasteiger partial charge in [0, 0.05) is 6.42 Å². The molecule has 0 amide bonds. The lowest BCUT2D eigenvalue weighted by atomic mass is 10.1. The van der Waals surface area contributed by atoms with E-state index in [0.29, 0.717) is 12.3 Å². The zero-order valence-electron chi connectivity index (χ0n) is 7.36. The maximum atomic E-state index is 10.7. The van der Waals surface area contributed by atoms with E-state index >= 15 is 0 Å². The molecule has 0 aromatic rings. The van der Waals surface area contributed by atoms with Crippen molar-refractivity contribution in [1.82, 2.24) is 0 Å². The summed E-state index contributed by atoms with van der Waals surface area (Å²) in [5.41, 5.74) is 0. The van der Waals surface area contributed by atoms with Gasteiger partial charge in [0.1, 0.15) is 6.10 Å². The number of cyclic esters (lactones) is 1. The Morgan fingerprint density at radius 2 is 2.33 bits per heavy atom. The SMILES string of the molecule is CC(C)/C=C/[C@@H]1C[C@@H](O)C(=O)O1. The van der Waals surface area contributed by atoms with Crippen molar-refractivity contribution in [2.45, 2.75) is 32.5 Å². The number of allylic oxidation sites excluding steroid dienone is 1. The normalized spacial score (nSPS) is 30.2. The molecule has 0 radical (unpaired) electrons. The standard InChI is InChI=1S/C9H14O3/c1-6(2)3-4-7-5-8(10)9(11)12-7/h3-4,6-8,10H,5H2,1-2H3/b4-3+/t7-,8-/m1/s1. The molecule has 3 nitrogen and oxygen atoms in total. The molecule has 1 heterocycles. The first-order chi connectivity index (χ1) is 5.59. The number of esters is 1. The summed E-state index contributed by atoms with van der Waals surface area (Å²) in [6.07, 6.45) is 3.04. The van der Waals surface area contributed by atoms with Crippen molar-refractivity contribution in [1.29, 1.82) is 0 Å². The van der Waals surface area contributed by atoms with Crippen molar-refractivity contribution in [2.75, 3.05) is 0 Å². The Labute approximate surface area is 72.0 Å². The van der Waals surface area contributed by atoms with Crippen LogP contribution in [0, 0.1) is 5.92 Å². The summed E-state index contributed by atoms with van der Waals surface area (Å²) in [6.45, 7) is 4.09. The Bertz CT molecular complexity index is 196. The molecule has 1 saturated heterocycles. The number of rotatable bonds is 2. The van der Waals surface area contributed by atoms with Crippen LogP contribution in [0.3, 0.4) is 0 Å². The summed E-state index contributed by atoms with van der Waals surface area (Å²) in [5, 5.41) is 9.02. The molecule has 1 rings (SSSR count). The first kappa shape index (κ1) is 9.26. The molecule has 1 N–H and O–H groups in total. The summed E-state index contributed by atoms with van der Waals surface area (Å²) in [6, 6.07) is 0. The van der Waals surface area contributed by atoms with E-state index in [1.165, 1.54) is 0 Å². The smallest absolute Gasteiger partial charge is 0.335 e. The maximum absolute atomic E-state index is 10.7. The zero-order chi connectivity index (χ0) is 9.14. The first-order valence-electron chi connectivity index (χ1n) is 4.16. The summed E-state index contributed by atoms with van der Waals surface area (Å²) in [7, 11) is 0. The number of carbonyl (C=O) groups excluding carboxylic acids is 1. The molecule has 2 atom stereocenters. The third-order valence-corrected chi connectivity index (χ3v) is 1.71. The van der Waals surface area contributed by atoms with Gasteiger partial charge in [-0.2, -0.15) is 0 Å². The predicted octanol–water partition coefficient (Wildman–Crippen LogP) is 0.875. The molecule has 0 saturated carbocycles. The quantitative estimate of drug-likeness (QED) is 0.494. The summed E-state index contributed by atoms with van der Waals surface area (Å²) in [4.78, 5) is 10.7. The van der Waals surface area contributed by atoms with Gasteiger partial charge in [-0.3, -0.25) is 0 Å². The fourth-order valence-corrected chi connectivity index (χ4v) is 1.06. The molecular formula is C9H14O3. The van der Waals surface area contributed by atoms with Crippen LogP contribution in [0.5, 0.6) is 0 Å². The van der Waals surface area contributed by atoms with Crippen molar-refractivity contribution < 1.29 is 14.6 Å². The number of carbonyl (C=O) groups is 1. The third-order valence-electron chi connectivity index (χ3n) is 1.71.